The molecule has 1 heterocycles. The maximum absolute atomic E-state index is 12.7. The van der Waals surface area contributed by atoms with Gasteiger partial charge in [-0.25, -0.2) is 8.42 Å². The standard InChI is InChI=1S/C21H25ClN2O3S/c1-16-3-4-18(17(2)15-16)5-10-21(25)23-11-13-24(14-12-23)28(26,27)20-8-6-19(22)7-9-20/h3-4,6-9,15H,5,10-14H2,1-2H3. The van der Waals surface area contributed by atoms with Crippen molar-refractivity contribution < 1.29 is 13.2 Å². The van der Waals surface area contributed by atoms with Crippen LogP contribution in [0.5, 0.6) is 0 Å². The molecule has 0 radical (unpaired) electrons. The van der Waals surface area contributed by atoms with Gasteiger partial charge < -0.3 is 4.90 Å². The number of aryl methyl sites for hydroxylation is 3. The van der Waals surface area contributed by atoms with Gasteiger partial charge in [0.1, 0.15) is 0 Å². The molecule has 28 heavy (non-hydrogen) atoms. The van der Waals surface area contributed by atoms with E-state index in [0.29, 0.717) is 44.0 Å². The largest absolute Gasteiger partial charge is 0.340 e. The molecule has 0 spiro atoms. The van der Waals surface area contributed by atoms with E-state index < -0.39 is 10.0 Å². The minimum Gasteiger partial charge on any atom is -0.340 e. The van der Waals surface area contributed by atoms with Crippen LogP contribution in [0.25, 0.3) is 0 Å². The maximum atomic E-state index is 12.7. The van der Waals surface area contributed by atoms with E-state index in [9.17, 15) is 13.2 Å². The zero-order valence-electron chi connectivity index (χ0n) is 16.2. The number of hydrogen-bond donors (Lipinski definition) is 0. The number of benzene rings is 2. The van der Waals surface area contributed by atoms with Crippen LogP contribution in [0.1, 0.15) is 23.1 Å². The molecule has 0 aliphatic carbocycles. The lowest BCUT2D eigenvalue weighted by Crippen LogP contribution is -2.50. The summed E-state index contributed by atoms with van der Waals surface area (Å²) < 4.78 is 26.9. The van der Waals surface area contributed by atoms with Crippen molar-refractivity contribution in [2.45, 2.75) is 31.6 Å². The number of halogens is 1. The SMILES string of the molecule is Cc1ccc(CCC(=O)N2CCN(S(=O)(=O)c3ccc(Cl)cc3)CC2)c(C)c1. The van der Waals surface area contributed by atoms with Crippen molar-refractivity contribution in [2.24, 2.45) is 0 Å². The van der Waals surface area contributed by atoms with Gasteiger partial charge in [-0.2, -0.15) is 4.31 Å². The number of piperazine rings is 1. The highest BCUT2D eigenvalue weighted by molar-refractivity contribution is 7.89. The van der Waals surface area contributed by atoms with Crippen molar-refractivity contribution in [1.29, 1.82) is 0 Å². The highest BCUT2D eigenvalue weighted by atomic mass is 35.5. The molecule has 0 atom stereocenters. The quantitative estimate of drug-likeness (QED) is 0.744. The molecule has 1 aliphatic rings. The summed E-state index contributed by atoms with van der Waals surface area (Å²) >= 11 is 5.84. The molecule has 0 aromatic heterocycles. The lowest BCUT2D eigenvalue weighted by Gasteiger charge is -2.34. The summed E-state index contributed by atoms with van der Waals surface area (Å²) in [7, 11) is -3.56. The van der Waals surface area contributed by atoms with E-state index in [1.807, 2.05) is 0 Å². The Hall–Kier alpha value is -1.89. The number of carbonyl (C=O) groups is 1. The second kappa shape index (κ2) is 8.64. The molecule has 1 saturated heterocycles. The van der Waals surface area contributed by atoms with Crippen molar-refractivity contribution in [2.75, 3.05) is 26.2 Å². The summed E-state index contributed by atoms with van der Waals surface area (Å²) in [4.78, 5) is 14.5. The Bertz CT molecular complexity index is 950. The van der Waals surface area contributed by atoms with Crippen molar-refractivity contribution in [3.8, 4) is 0 Å². The average Bonchev–Trinajstić information content (AvgIpc) is 2.67. The first-order valence-electron chi connectivity index (χ1n) is 9.37. The van der Waals surface area contributed by atoms with E-state index in [1.54, 1.807) is 17.0 Å². The summed E-state index contributed by atoms with van der Waals surface area (Å²) in [6.07, 6.45) is 1.14. The molecule has 0 saturated carbocycles. The van der Waals surface area contributed by atoms with Gasteiger partial charge in [-0.1, -0.05) is 35.4 Å². The fourth-order valence-corrected chi connectivity index (χ4v) is 5.01. The van der Waals surface area contributed by atoms with E-state index in [4.69, 9.17) is 11.6 Å². The van der Waals surface area contributed by atoms with Crippen LogP contribution in [-0.4, -0.2) is 49.7 Å². The first-order valence-corrected chi connectivity index (χ1v) is 11.2. The third-order valence-corrected chi connectivity index (χ3v) is 7.31. The smallest absolute Gasteiger partial charge is 0.243 e. The van der Waals surface area contributed by atoms with Gasteiger partial charge in [0.15, 0.2) is 0 Å². The fourth-order valence-electron chi connectivity index (χ4n) is 3.46. The van der Waals surface area contributed by atoms with Gasteiger partial charge in [-0.3, -0.25) is 4.79 Å². The zero-order chi connectivity index (χ0) is 20.3. The Morgan fingerprint density at radius 2 is 1.64 bits per heavy atom. The molecule has 0 bridgehead atoms. The highest BCUT2D eigenvalue weighted by Crippen LogP contribution is 2.20. The van der Waals surface area contributed by atoms with Crippen molar-refractivity contribution in [3.05, 3.63) is 64.2 Å². The Labute approximate surface area is 172 Å². The van der Waals surface area contributed by atoms with Crippen LogP contribution in [-0.2, 0) is 21.2 Å². The summed E-state index contributed by atoms with van der Waals surface area (Å²) in [6.45, 7) is 5.56. The fraction of sp³-hybridized carbons (Fsp3) is 0.381. The maximum Gasteiger partial charge on any atom is 0.243 e. The first-order chi connectivity index (χ1) is 13.3. The molecule has 1 amide bonds. The number of sulfonamides is 1. The van der Waals surface area contributed by atoms with Crippen LogP contribution in [0.4, 0.5) is 0 Å². The van der Waals surface area contributed by atoms with Crippen LogP contribution < -0.4 is 0 Å². The van der Waals surface area contributed by atoms with Crippen molar-refractivity contribution in [3.63, 3.8) is 0 Å². The van der Waals surface area contributed by atoms with Crippen molar-refractivity contribution >= 4 is 27.5 Å². The van der Waals surface area contributed by atoms with E-state index in [2.05, 4.69) is 32.0 Å². The molecule has 2 aromatic carbocycles. The van der Waals surface area contributed by atoms with Crippen LogP contribution in [0.2, 0.25) is 5.02 Å². The minimum atomic E-state index is -3.56. The molecule has 7 heteroatoms. The van der Waals surface area contributed by atoms with Gasteiger partial charge in [0.25, 0.3) is 0 Å². The molecule has 1 fully saturated rings. The first kappa shape index (κ1) is 20.8. The zero-order valence-corrected chi connectivity index (χ0v) is 17.8. The molecule has 5 nitrogen and oxygen atoms in total. The normalized spacial score (nSPS) is 15.6. The summed E-state index contributed by atoms with van der Waals surface area (Å²) in [5.41, 5.74) is 3.60. The number of carbonyl (C=O) groups excluding carboxylic acids is 1. The topological polar surface area (TPSA) is 57.7 Å². The van der Waals surface area contributed by atoms with Gasteiger partial charge in [0.2, 0.25) is 15.9 Å². The molecular formula is C21H25ClN2O3S. The van der Waals surface area contributed by atoms with Crippen LogP contribution in [0.15, 0.2) is 47.4 Å². The minimum absolute atomic E-state index is 0.0727. The van der Waals surface area contributed by atoms with Crippen LogP contribution in [0.3, 0.4) is 0 Å². The van der Waals surface area contributed by atoms with Crippen LogP contribution in [0, 0.1) is 13.8 Å². The Morgan fingerprint density at radius 3 is 2.25 bits per heavy atom. The van der Waals surface area contributed by atoms with E-state index in [0.717, 1.165) is 0 Å². The average molecular weight is 421 g/mol. The Morgan fingerprint density at radius 1 is 1.00 bits per heavy atom. The molecule has 3 rings (SSSR count). The molecule has 150 valence electrons. The molecular weight excluding hydrogens is 396 g/mol. The second-order valence-electron chi connectivity index (χ2n) is 7.17. The van der Waals surface area contributed by atoms with E-state index in [1.165, 1.54) is 33.1 Å². The molecule has 0 unspecified atom stereocenters. The van der Waals surface area contributed by atoms with Gasteiger partial charge in [0.05, 0.1) is 4.90 Å². The van der Waals surface area contributed by atoms with E-state index >= 15 is 0 Å². The van der Waals surface area contributed by atoms with Gasteiger partial charge in [-0.15, -0.1) is 0 Å². The molecule has 1 aliphatic heterocycles. The molecule has 2 aromatic rings. The summed E-state index contributed by atoms with van der Waals surface area (Å²) in [5.74, 6) is 0.0727. The third kappa shape index (κ3) is 4.74. The molecule has 0 N–H and O–H groups in total. The summed E-state index contributed by atoms with van der Waals surface area (Å²) in [5, 5.41) is 0.498. The summed E-state index contributed by atoms with van der Waals surface area (Å²) in [6, 6.07) is 12.4. The lowest BCUT2D eigenvalue weighted by molar-refractivity contribution is -0.132. The predicted octanol–water partition coefficient (Wildman–Crippen LogP) is 3.42. The Balaban J connectivity index is 1.55. The number of amides is 1. The van der Waals surface area contributed by atoms with Gasteiger partial charge in [0, 0.05) is 37.6 Å². The highest BCUT2D eigenvalue weighted by Gasteiger charge is 2.29. The van der Waals surface area contributed by atoms with Gasteiger partial charge >= 0.3 is 0 Å². The van der Waals surface area contributed by atoms with E-state index in [-0.39, 0.29) is 10.8 Å². The second-order valence-corrected chi connectivity index (χ2v) is 9.54. The van der Waals surface area contributed by atoms with Gasteiger partial charge in [-0.05, 0) is 55.7 Å². The Kier molecular flexibility index (Phi) is 6.43. The predicted molar refractivity (Wildman–Crippen MR) is 111 cm³/mol. The number of rotatable bonds is 5. The number of nitrogens with zero attached hydrogens (tertiary/aromatic N) is 2. The monoisotopic (exact) mass is 420 g/mol. The van der Waals surface area contributed by atoms with Crippen molar-refractivity contribution in [1.82, 2.24) is 9.21 Å². The number of hydrogen-bond acceptors (Lipinski definition) is 3. The third-order valence-electron chi connectivity index (χ3n) is 5.15. The van der Waals surface area contributed by atoms with Crippen LogP contribution >= 0.6 is 11.6 Å². The lowest BCUT2D eigenvalue weighted by atomic mass is 10.0.